The number of ether oxygens (including phenoxy) is 1. The Hall–Kier alpha value is -1.31. The fourth-order valence-electron chi connectivity index (χ4n) is 3.67. The largest absolute Gasteiger partial charge is 0.465 e. The number of rotatable bonds is 7. The number of hydrogen-bond acceptors (Lipinski definition) is 6. The molecule has 1 saturated carbocycles. The summed E-state index contributed by atoms with van der Waals surface area (Å²) in [6.45, 7) is 4.44. The van der Waals surface area contributed by atoms with Crippen molar-refractivity contribution in [1.29, 1.82) is 0 Å². The van der Waals surface area contributed by atoms with E-state index in [9.17, 15) is 9.90 Å². The Morgan fingerprint density at radius 2 is 2.11 bits per heavy atom. The zero-order valence-corrected chi connectivity index (χ0v) is 18.8. The summed E-state index contributed by atoms with van der Waals surface area (Å²) in [5.41, 5.74) is -0.168. The Morgan fingerprint density at radius 1 is 1.36 bits per heavy atom. The van der Waals surface area contributed by atoms with Crippen LogP contribution in [0, 0.1) is 11.8 Å². The van der Waals surface area contributed by atoms with Crippen molar-refractivity contribution in [2.75, 3.05) is 6.61 Å². The van der Waals surface area contributed by atoms with Crippen LogP contribution in [0.15, 0.2) is 29.0 Å². The van der Waals surface area contributed by atoms with Crippen LogP contribution in [0.5, 0.6) is 0 Å². The Bertz CT molecular complexity index is 800. The molecule has 2 aromatic heterocycles. The van der Waals surface area contributed by atoms with Gasteiger partial charge in [-0.15, -0.1) is 11.3 Å². The molecule has 5 nitrogen and oxygen atoms in total. The number of hydrogen-bond donors (Lipinski definition) is 1. The Morgan fingerprint density at radius 3 is 2.79 bits per heavy atom. The zero-order valence-electron chi connectivity index (χ0n) is 16.4. The molecule has 2 aromatic rings. The molecule has 152 valence electrons. The summed E-state index contributed by atoms with van der Waals surface area (Å²) in [6.07, 6.45) is 6.83. The molecule has 1 atom stereocenters. The molecule has 1 N–H and O–H groups in total. The van der Waals surface area contributed by atoms with E-state index in [2.05, 4.69) is 32.8 Å². The molecule has 1 aliphatic carbocycles. The lowest BCUT2D eigenvalue weighted by Gasteiger charge is -2.36. The van der Waals surface area contributed by atoms with E-state index in [0.29, 0.717) is 11.6 Å². The first kappa shape index (κ1) is 21.4. The van der Waals surface area contributed by atoms with E-state index in [1.807, 2.05) is 25.1 Å². The van der Waals surface area contributed by atoms with Gasteiger partial charge in [-0.3, -0.25) is 4.79 Å². The van der Waals surface area contributed by atoms with Crippen LogP contribution in [0.3, 0.4) is 0 Å². The molecule has 3 rings (SSSR count). The molecular weight excluding hydrogens is 440 g/mol. The minimum Gasteiger partial charge on any atom is -0.465 e. The zero-order chi connectivity index (χ0) is 20.1. The van der Waals surface area contributed by atoms with Crippen LogP contribution in [0.25, 0.3) is 10.6 Å². The van der Waals surface area contributed by atoms with Gasteiger partial charge in [0.15, 0.2) is 0 Å². The van der Waals surface area contributed by atoms with Crippen LogP contribution in [-0.4, -0.2) is 27.7 Å². The second-order valence-corrected chi connectivity index (χ2v) is 9.44. The molecule has 2 heterocycles. The molecule has 0 aliphatic heterocycles. The summed E-state index contributed by atoms with van der Waals surface area (Å²) >= 11 is 4.87. The number of esters is 1. The average Bonchev–Trinajstić information content (AvgIpc) is 3.19. The fraction of sp³-hybridized carbons (Fsp3) is 0.571. The predicted octanol–water partition coefficient (Wildman–Crippen LogP) is 5.32. The molecule has 7 heteroatoms. The quantitative estimate of drug-likeness (QED) is 0.339. The number of halogens is 1. The van der Waals surface area contributed by atoms with Gasteiger partial charge in [0.2, 0.25) is 0 Å². The first-order valence-electron chi connectivity index (χ1n) is 9.90. The van der Waals surface area contributed by atoms with Gasteiger partial charge in [0.25, 0.3) is 0 Å². The minimum absolute atomic E-state index is 0.0402. The lowest BCUT2D eigenvalue weighted by Crippen LogP contribution is -2.36. The lowest BCUT2D eigenvalue weighted by atomic mass is 9.74. The number of thiazole rings is 1. The van der Waals surface area contributed by atoms with Crippen molar-refractivity contribution in [3.8, 4) is 10.6 Å². The van der Waals surface area contributed by atoms with E-state index in [4.69, 9.17) is 4.74 Å². The Kier molecular flexibility index (Phi) is 7.23. The smallest absolute Gasteiger partial charge is 0.308 e. The minimum atomic E-state index is -1.01. The average molecular weight is 467 g/mol. The van der Waals surface area contributed by atoms with Crippen molar-refractivity contribution in [1.82, 2.24) is 9.97 Å². The van der Waals surface area contributed by atoms with Crippen LogP contribution >= 0.6 is 27.3 Å². The maximum Gasteiger partial charge on any atom is 0.308 e. The summed E-state index contributed by atoms with van der Waals surface area (Å²) in [5, 5.41) is 11.9. The van der Waals surface area contributed by atoms with Gasteiger partial charge in [-0.05, 0) is 73.0 Å². The van der Waals surface area contributed by atoms with Gasteiger partial charge in [0, 0.05) is 6.20 Å². The fourth-order valence-corrected chi connectivity index (χ4v) is 5.03. The highest BCUT2D eigenvalue weighted by molar-refractivity contribution is 9.10. The van der Waals surface area contributed by atoms with Crippen molar-refractivity contribution in [3.63, 3.8) is 0 Å². The number of aliphatic hydroxyl groups is 1. The Balaban J connectivity index is 1.62. The van der Waals surface area contributed by atoms with Gasteiger partial charge in [-0.1, -0.05) is 19.4 Å². The third-order valence-electron chi connectivity index (χ3n) is 5.50. The monoisotopic (exact) mass is 466 g/mol. The predicted molar refractivity (Wildman–Crippen MR) is 114 cm³/mol. The highest BCUT2D eigenvalue weighted by atomic mass is 79.9. The molecule has 0 unspecified atom stereocenters. The second kappa shape index (κ2) is 9.46. The van der Waals surface area contributed by atoms with E-state index >= 15 is 0 Å². The van der Waals surface area contributed by atoms with Gasteiger partial charge in [-0.2, -0.15) is 0 Å². The molecule has 0 bridgehead atoms. The molecule has 0 saturated heterocycles. The van der Waals surface area contributed by atoms with Gasteiger partial charge in [-0.25, -0.2) is 9.97 Å². The van der Waals surface area contributed by atoms with E-state index in [0.717, 1.165) is 53.7 Å². The van der Waals surface area contributed by atoms with E-state index in [-0.39, 0.29) is 17.8 Å². The summed E-state index contributed by atoms with van der Waals surface area (Å²) in [6, 6.07) is 5.75. The number of pyridine rings is 1. The van der Waals surface area contributed by atoms with E-state index < -0.39 is 5.60 Å². The number of unbranched alkanes of at least 4 members (excludes halogenated alkanes) is 1. The highest BCUT2D eigenvalue weighted by Gasteiger charge is 2.40. The standard InChI is InChI=1S/C21H27BrN2O3S/c1-3-4-12-27-19(25)14-8-10-15(11-9-14)21(2,26)20-23-13-17(28-20)16-6-5-7-18(22)24-16/h5-7,13-15,26H,3-4,8-12H2,1-2H3/t14-,15-,21-/m0/s1. The molecule has 0 radical (unpaired) electrons. The van der Waals surface area contributed by atoms with Crippen LogP contribution in [0.4, 0.5) is 0 Å². The first-order valence-corrected chi connectivity index (χ1v) is 11.5. The summed E-state index contributed by atoms with van der Waals surface area (Å²) in [5.74, 6) is -0.0351. The van der Waals surface area contributed by atoms with Crippen molar-refractivity contribution < 1.29 is 14.6 Å². The number of aromatic nitrogens is 2. The normalized spacial score (nSPS) is 21.9. The maximum atomic E-state index is 12.2. The van der Waals surface area contributed by atoms with Crippen LogP contribution in [0.2, 0.25) is 0 Å². The summed E-state index contributed by atoms with van der Waals surface area (Å²) in [7, 11) is 0. The molecule has 0 spiro atoms. The topological polar surface area (TPSA) is 72.3 Å². The first-order chi connectivity index (χ1) is 13.4. The lowest BCUT2D eigenvalue weighted by molar-refractivity contribution is -0.151. The number of nitrogens with zero attached hydrogens (tertiary/aromatic N) is 2. The third kappa shape index (κ3) is 4.99. The second-order valence-electron chi connectivity index (χ2n) is 7.59. The van der Waals surface area contributed by atoms with Gasteiger partial charge < -0.3 is 9.84 Å². The number of carbonyl (C=O) groups is 1. The van der Waals surface area contributed by atoms with Crippen LogP contribution in [0.1, 0.15) is 57.4 Å². The maximum absolute atomic E-state index is 12.2. The van der Waals surface area contributed by atoms with Gasteiger partial charge in [0.05, 0.1) is 23.1 Å². The summed E-state index contributed by atoms with van der Waals surface area (Å²) < 4.78 is 6.14. The van der Waals surface area contributed by atoms with Gasteiger partial charge >= 0.3 is 5.97 Å². The molecular formula is C21H27BrN2O3S. The van der Waals surface area contributed by atoms with Crippen molar-refractivity contribution >= 4 is 33.2 Å². The molecule has 0 aromatic carbocycles. The molecule has 0 amide bonds. The highest BCUT2D eigenvalue weighted by Crippen LogP contribution is 2.43. The van der Waals surface area contributed by atoms with Crippen molar-refractivity contribution in [3.05, 3.63) is 34.0 Å². The number of carbonyl (C=O) groups excluding carboxylic acids is 1. The summed E-state index contributed by atoms with van der Waals surface area (Å²) in [4.78, 5) is 22.1. The Labute approximate surface area is 178 Å². The molecule has 1 fully saturated rings. The SMILES string of the molecule is CCCCOC(=O)[C@H]1CC[C@H]([C@](C)(O)c2ncc(-c3cccc(Br)n3)s2)CC1. The van der Waals surface area contributed by atoms with E-state index in [1.165, 1.54) is 11.3 Å². The molecule has 28 heavy (non-hydrogen) atoms. The van der Waals surface area contributed by atoms with Crippen LogP contribution in [-0.2, 0) is 15.1 Å². The van der Waals surface area contributed by atoms with Crippen molar-refractivity contribution in [2.45, 2.75) is 58.0 Å². The van der Waals surface area contributed by atoms with Crippen LogP contribution < -0.4 is 0 Å². The van der Waals surface area contributed by atoms with Gasteiger partial charge in [0.1, 0.15) is 15.2 Å². The molecule has 1 aliphatic rings. The third-order valence-corrected chi connectivity index (χ3v) is 7.19. The van der Waals surface area contributed by atoms with E-state index in [1.54, 1.807) is 6.20 Å². The van der Waals surface area contributed by atoms with Crippen molar-refractivity contribution in [2.24, 2.45) is 11.8 Å².